The van der Waals surface area contributed by atoms with Crippen LogP contribution >= 0.6 is 22.9 Å². The number of hydrogen-bond acceptors (Lipinski definition) is 5. The fourth-order valence-corrected chi connectivity index (χ4v) is 3.13. The first kappa shape index (κ1) is 16.2. The number of halogens is 1. The van der Waals surface area contributed by atoms with Crippen molar-refractivity contribution >= 4 is 46.0 Å². The second kappa shape index (κ2) is 6.46. The molecule has 0 atom stereocenters. The molecule has 0 unspecified atom stereocenters. The average molecular weight is 363 g/mol. The maximum Gasteiger partial charge on any atom is 0.347 e. The van der Waals surface area contributed by atoms with Gasteiger partial charge in [-0.15, -0.1) is 0 Å². The summed E-state index contributed by atoms with van der Waals surface area (Å²) in [5, 5.41) is 8.96. The number of ether oxygens (including phenoxy) is 1. The molecule has 0 bridgehead atoms. The third kappa shape index (κ3) is 2.91. The third-order valence-corrected chi connectivity index (χ3v) is 4.60. The molecule has 0 aliphatic rings. The van der Waals surface area contributed by atoms with Crippen LogP contribution in [0.4, 0.5) is 0 Å². The molecule has 0 saturated heterocycles. The third-order valence-electron chi connectivity index (χ3n) is 3.27. The summed E-state index contributed by atoms with van der Waals surface area (Å²) in [4.78, 5) is 27.9. The number of aromatic nitrogens is 2. The van der Waals surface area contributed by atoms with Crippen LogP contribution in [0.1, 0.15) is 20.9 Å². The molecule has 122 valence electrons. The lowest BCUT2D eigenvalue weighted by molar-refractivity contribution is 0.0702. The number of aromatic carboxylic acids is 1. The minimum absolute atomic E-state index is 0.0153. The molecule has 2 aromatic heterocycles. The zero-order valence-corrected chi connectivity index (χ0v) is 14.0. The van der Waals surface area contributed by atoms with Crippen LogP contribution in [0.15, 0.2) is 35.3 Å². The fourth-order valence-electron chi connectivity index (χ4n) is 2.12. The number of carboxylic acid groups (broad SMARTS) is 1. The molecule has 1 N–H and O–H groups in total. The molecule has 0 amide bonds. The van der Waals surface area contributed by atoms with Crippen molar-refractivity contribution in [2.75, 3.05) is 7.11 Å². The lowest BCUT2D eigenvalue weighted by Gasteiger charge is -2.03. The Labute approximate surface area is 145 Å². The number of thiazole rings is 1. The van der Waals surface area contributed by atoms with Crippen LogP contribution in [0.5, 0.6) is 5.75 Å². The molecule has 3 rings (SSSR count). The van der Waals surface area contributed by atoms with Crippen LogP contribution in [0.25, 0.3) is 17.1 Å². The highest BCUT2D eigenvalue weighted by molar-refractivity contribution is 7.18. The first-order chi connectivity index (χ1) is 11.5. The van der Waals surface area contributed by atoms with Gasteiger partial charge in [-0.1, -0.05) is 41.1 Å². The molecule has 6 nitrogen and oxygen atoms in total. The van der Waals surface area contributed by atoms with Crippen LogP contribution in [-0.2, 0) is 0 Å². The van der Waals surface area contributed by atoms with E-state index in [4.69, 9.17) is 21.4 Å². The lowest BCUT2D eigenvalue weighted by Crippen LogP contribution is -2.14. The van der Waals surface area contributed by atoms with Crippen LogP contribution in [0, 0.1) is 0 Å². The van der Waals surface area contributed by atoms with Crippen LogP contribution in [-0.4, -0.2) is 27.6 Å². The summed E-state index contributed by atoms with van der Waals surface area (Å²) in [6.45, 7) is 0. The van der Waals surface area contributed by atoms with E-state index in [2.05, 4.69) is 4.98 Å². The Bertz CT molecular complexity index is 1020. The predicted octanol–water partition coefficient (Wildman–Crippen LogP) is 3.29. The number of fused-ring (bicyclic) bond motifs is 1. The van der Waals surface area contributed by atoms with Gasteiger partial charge in [-0.25, -0.2) is 9.78 Å². The number of carbonyl (C=O) groups is 1. The van der Waals surface area contributed by atoms with E-state index in [0.717, 1.165) is 21.3 Å². The van der Waals surface area contributed by atoms with Crippen molar-refractivity contribution in [3.05, 3.63) is 62.0 Å². The second-order valence-electron chi connectivity index (χ2n) is 4.74. The van der Waals surface area contributed by atoms with Crippen molar-refractivity contribution in [3.8, 4) is 5.75 Å². The summed E-state index contributed by atoms with van der Waals surface area (Å²) >= 11 is 6.99. The number of rotatable bonds is 4. The Morgan fingerprint density at radius 2 is 2.12 bits per heavy atom. The number of benzene rings is 1. The maximum absolute atomic E-state index is 12.3. The van der Waals surface area contributed by atoms with Crippen molar-refractivity contribution in [2.45, 2.75) is 0 Å². The van der Waals surface area contributed by atoms with Gasteiger partial charge in [0.15, 0.2) is 4.96 Å². The number of methoxy groups -OCH3 is 1. The molecule has 8 heteroatoms. The molecule has 0 saturated carbocycles. The summed E-state index contributed by atoms with van der Waals surface area (Å²) in [5.74, 6) is -0.445. The zero-order valence-electron chi connectivity index (χ0n) is 12.4. The Balaban J connectivity index is 2.09. The quantitative estimate of drug-likeness (QED) is 0.770. The highest BCUT2D eigenvalue weighted by Gasteiger charge is 2.15. The van der Waals surface area contributed by atoms with Crippen molar-refractivity contribution in [1.29, 1.82) is 0 Å². The first-order valence-electron chi connectivity index (χ1n) is 6.77. The normalized spacial score (nSPS) is 11.2. The Hall–Kier alpha value is -2.64. The van der Waals surface area contributed by atoms with Crippen LogP contribution in [0.2, 0.25) is 5.02 Å². The van der Waals surface area contributed by atoms with E-state index >= 15 is 0 Å². The van der Waals surface area contributed by atoms with Gasteiger partial charge in [0.2, 0.25) is 0 Å². The highest BCUT2D eigenvalue weighted by Crippen LogP contribution is 2.22. The number of nitrogens with zero attached hydrogens (tertiary/aromatic N) is 2. The van der Waals surface area contributed by atoms with Gasteiger partial charge in [0.25, 0.3) is 5.56 Å². The van der Waals surface area contributed by atoms with Gasteiger partial charge in [0, 0.05) is 11.8 Å². The summed E-state index contributed by atoms with van der Waals surface area (Å²) in [7, 11) is 1.56. The second-order valence-corrected chi connectivity index (χ2v) is 6.13. The van der Waals surface area contributed by atoms with Crippen molar-refractivity contribution in [1.82, 2.24) is 9.38 Å². The topological polar surface area (TPSA) is 80.9 Å². The van der Waals surface area contributed by atoms with E-state index in [1.165, 1.54) is 6.20 Å². The molecule has 0 fully saturated rings. The Kier molecular flexibility index (Phi) is 4.37. The van der Waals surface area contributed by atoms with Gasteiger partial charge in [-0.2, -0.15) is 0 Å². The summed E-state index contributed by atoms with van der Waals surface area (Å²) < 4.78 is 6.39. The monoisotopic (exact) mass is 362 g/mol. The van der Waals surface area contributed by atoms with Gasteiger partial charge in [0.1, 0.15) is 15.6 Å². The number of para-hydroxylation sites is 1. The molecule has 0 radical (unpaired) electrons. The SMILES string of the molecule is COc1ccccc1/C=C/c1nc2sc(C(=O)O)cn2c(=O)c1Cl. The van der Waals surface area contributed by atoms with Crippen LogP contribution < -0.4 is 10.3 Å². The van der Waals surface area contributed by atoms with Gasteiger partial charge < -0.3 is 9.84 Å². The molecule has 0 aliphatic heterocycles. The van der Waals surface area contributed by atoms with Gasteiger partial charge in [-0.3, -0.25) is 9.20 Å². The van der Waals surface area contributed by atoms with E-state index in [1.807, 2.05) is 24.3 Å². The average Bonchev–Trinajstić information content (AvgIpc) is 3.01. The molecule has 2 heterocycles. The summed E-state index contributed by atoms with van der Waals surface area (Å²) in [5.41, 5.74) is 0.562. The smallest absolute Gasteiger partial charge is 0.347 e. The minimum Gasteiger partial charge on any atom is -0.496 e. The molecule has 0 spiro atoms. The van der Waals surface area contributed by atoms with E-state index in [1.54, 1.807) is 19.3 Å². The summed E-state index contributed by atoms with van der Waals surface area (Å²) in [6, 6.07) is 7.36. The molecular weight excluding hydrogens is 352 g/mol. The lowest BCUT2D eigenvalue weighted by atomic mass is 10.2. The highest BCUT2D eigenvalue weighted by atomic mass is 35.5. The summed E-state index contributed by atoms with van der Waals surface area (Å²) in [6.07, 6.45) is 4.55. The van der Waals surface area contributed by atoms with Gasteiger partial charge in [-0.05, 0) is 18.2 Å². The Morgan fingerprint density at radius 3 is 2.83 bits per heavy atom. The molecular formula is C16H11ClN2O4S. The van der Waals surface area contributed by atoms with Crippen LogP contribution in [0.3, 0.4) is 0 Å². The largest absolute Gasteiger partial charge is 0.496 e. The minimum atomic E-state index is -1.12. The zero-order chi connectivity index (χ0) is 17.3. The number of carboxylic acids is 1. The molecule has 24 heavy (non-hydrogen) atoms. The van der Waals surface area contributed by atoms with Gasteiger partial charge in [0.05, 0.1) is 12.8 Å². The fraction of sp³-hybridized carbons (Fsp3) is 0.0625. The Morgan fingerprint density at radius 1 is 1.38 bits per heavy atom. The van der Waals surface area contributed by atoms with E-state index in [0.29, 0.717) is 5.75 Å². The molecule has 0 aliphatic carbocycles. The van der Waals surface area contributed by atoms with Crippen molar-refractivity contribution < 1.29 is 14.6 Å². The maximum atomic E-state index is 12.3. The van der Waals surface area contributed by atoms with Crippen molar-refractivity contribution in [3.63, 3.8) is 0 Å². The van der Waals surface area contributed by atoms with E-state index in [-0.39, 0.29) is 20.6 Å². The molecule has 1 aromatic carbocycles. The predicted molar refractivity (Wildman–Crippen MR) is 93.2 cm³/mol. The number of hydrogen-bond donors (Lipinski definition) is 1. The van der Waals surface area contributed by atoms with Crippen molar-refractivity contribution in [2.24, 2.45) is 0 Å². The first-order valence-corrected chi connectivity index (χ1v) is 7.97. The van der Waals surface area contributed by atoms with E-state index < -0.39 is 11.5 Å². The van der Waals surface area contributed by atoms with E-state index in [9.17, 15) is 9.59 Å². The molecule has 3 aromatic rings. The standard InChI is InChI=1S/C16H11ClN2O4S/c1-23-11-5-3-2-4-9(11)6-7-10-13(17)14(20)19-8-12(15(21)22)24-16(19)18-10/h2-8H,1H3,(H,21,22)/b7-6+. The van der Waals surface area contributed by atoms with Gasteiger partial charge >= 0.3 is 5.97 Å².